The number of aromatic hydroxyl groups is 1. The highest BCUT2D eigenvalue weighted by molar-refractivity contribution is 6.02. The number of anilines is 2. The summed E-state index contributed by atoms with van der Waals surface area (Å²) in [4.78, 5) is 154. The summed E-state index contributed by atoms with van der Waals surface area (Å²) >= 11 is 0. The highest BCUT2D eigenvalue weighted by atomic mass is 16.6. The Bertz CT molecular complexity index is 4940. The van der Waals surface area contributed by atoms with Gasteiger partial charge in [-0.2, -0.15) is 0 Å². The van der Waals surface area contributed by atoms with E-state index in [0.717, 1.165) is 101 Å². The molecule has 1 aliphatic heterocycles. The number of carbonyl (C=O) groups is 11. The fourth-order valence-corrected chi connectivity index (χ4v) is 20.8. The molecule has 12 amide bonds. The lowest BCUT2D eigenvalue weighted by Gasteiger charge is -2.56. The van der Waals surface area contributed by atoms with Crippen LogP contribution in [0.4, 0.5) is 16.2 Å². The Kier molecular flexibility index (Phi) is 45.6. The lowest BCUT2D eigenvalue weighted by atomic mass is 9.49. The Balaban J connectivity index is 0.681. The van der Waals surface area contributed by atoms with Crippen LogP contribution in [0.15, 0.2) is 96.3 Å². The zero-order valence-corrected chi connectivity index (χ0v) is 85.2. The van der Waals surface area contributed by atoms with E-state index in [2.05, 4.69) is 100.0 Å². The number of nitrogens with zero attached hydrogens (tertiary/aromatic N) is 2. The number of phenolic OH excluding ortho intramolecular Hbond substituents is 1. The molecule has 35 nitrogen and oxygen atoms in total. The summed E-state index contributed by atoms with van der Waals surface area (Å²) in [6.07, 6.45) is 12.1. The van der Waals surface area contributed by atoms with E-state index in [9.17, 15) is 53.1 Å². The molecule has 2 unspecified atom stereocenters. The summed E-state index contributed by atoms with van der Waals surface area (Å²) in [6.45, 7) is 19.1. The number of amides is 12. The molecular weight excluding hydrogens is 1820 g/mol. The summed E-state index contributed by atoms with van der Waals surface area (Å²) in [5.74, 6) is 2.00. The van der Waals surface area contributed by atoms with Crippen molar-refractivity contribution in [2.45, 2.75) is 237 Å². The van der Waals surface area contributed by atoms with Crippen molar-refractivity contribution in [3.63, 3.8) is 0 Å². The van der Waals surface area contributed by atoms with Crippen LogP contribution in [0.5, 0.6) is 5.75 Å². The van der Waals surface area contributed by atoms with E-state index in [1.54, 1.807) is 24.8 Å². The summed E-state index contributed by atoms with van der Waals surface area (Å²) < 4.78 is 52.3. The number of hydrogen-bond donors (Lipinski definition) is 13. The van der Waals surface area contributed by atoms with E-state index in [-0.39, 0.29) is 176 Å². The first-order valence-corrected chi connectivity index (χ1v) is 51.3. The van der Waals surface area contributed by atoms with Gasteiger partial charge >= 0.3 is 6.03 Å². The average Bonchev–Trinajstić information content (AvgIpc) is 0.727. The number of benzene rings is 4. The maximum absolute atomic E-state index is 15.1. The topological polar surface area (TPSA) is 467 Å². The predicted molar refractivity (Wildman–Crippen MR) is 539 cm³/mol. The number of aryl methyl sites for hydroxylation is 2. The smallest absolute Gasteiger partial charge is 0.312 e. The fraction of sp³-hybridized carbons (Fsp3) is 0.636. The van der Waals surface area contributed by atoms with Crippen LogP contribution in [0.1, 0.15) is 222 Å². The third kappa shape index (κ3) is 34.5. The maximum Gasteiger partial charge on any atom is 0.312 e. The van der Waals surface area contributed by atoms with Crippen molar-refractivity contribution in [3.05, 3.63) is 135 Å². The summed E-state index contributed by atoms with van der Waals surface area (Å²) in [5.41, 5.74) is 19.0. The Morgan fingerprint density at radius 1 is 0.486 bits per heavy atom. The number of hydrogen-bond acceptors (Lipinski definition) is 23. The molecule has 782 valence electrons. The highest BCUT2D eigenvalue weighted by Crippen LogP contribution is 2.60. The Hall–Kier alpha value is -10.7. The molecule has 0 spiro atoms. The van der Waals surface area contributed by atoms with Gasteiger partial charge in [0, 0.05) is 74.4 Å². The molecule has 6 aliphatic rings. The van der Waals surface area contributed by atoms with Crippen LogP contribution in [-0.4, -0.2) is 272 Å². The summed E-state index contributed by atoms with van der Waals surface area (Å²) in [5, 5.41) is 40.0. The zero-order valence-electron chi connectivity index (χ0n) is 85.2. The lowest BCUT2D eigenvalue weighted by molar-refractivity contribution is -0.869. The minimum absolute atomic E-state index is 0.00965. The molecule has 2 fully saturated rings. The number of para-hydroxylation sites is 1. The molecule has 0 aromatic heterocycles. The number of likely N-dealkylation sites (N-methyl/N-ethyl adjacent to an activating group) is 1. The van der Waals surface area contributed by atoms with Crippen LogP contribution in [0, 0.1) is 40.4 Å². The van der Waals surface area contributed by atoms with E-state index in [0.29, 0.717) is 154 Å². The average molecular weight is 1980 g/mol. The third-order valence-corrected chi connectivity index (χ3v) is 28.7. The number of rotatable bonds is 59. The van der Waals surface area contributed by atoms with Gasteiger partial charge in [0.2, 0.25) is 59.1 Å². The second-order valence-corrected chi connectivity index (χ2v) is 40.5. The van der Waals surface area contributed by atoms with Crippen molar-refractivity contribution < 1.29 is 105 Å². The first-order valence-electron chi connectivity index (χ1n) is 51.3. The number of ether oxygens (including phenoxy) is 9. The SMILES string of the molecule is CC(C)[C@H](NC(=O)[C@@H](CCCCNC(=O)COC1CCCCCC(NCCOCCOCCOCCOCCC(=O)NCC[N+](C)(C)C)=C1N)NC(=O)CCOCCOCCOCCOCCNC(=O)CCC(=O)N1Cc2ccccc2C#Cc2ccccc21)C(=O)N[C@@H](CCCNC(N)=O)C(=O)Nc1ccc2c(c1)[C@@]1(C)CCC[C@](C)(C(=O)NC(=O)[C@@]3(C)CCC[C@]4(C)c5cc(O)ccc5CC[C@@H]34)C1CC2. The zero-order chi connectivity index (χ0) is 102. The Labute approximate surface area is 838 Å². The van der Waals surface area contributed by atoms with Gasteiger partial charge in [0.1, 0.15) is 30.5 Å². The van der Waals surface area contributed by atoms with E-state index in [1.165, 1.54) is 5.56 Å². The lowest BCUT2D eigenvalue weighted by Crippen LogP contribution is -2.60. The van der Waals surface area contributed by atoms with Crippen molar-refractivity contribution in [3.8, 4) is 17.6 Å². The number of fused-ring (bicyclic) bond motifs is 8. The molecule has 5 aliphatic carbocycles. The van der Waals surface area contributed by atoms with Crippen molar-refractivity contribution in [1.82, 2.24) is 47.9 Å². The molecule has 142 heavy (non-hydrogen) atoms. The number of quaternary nitrogens is 1. The van der Waals surface area contributed by atoms with Gasteiger partial charge in [-0.3, -0.25) is 53.3 Å². The molecule has 0 radical (unpaired) electrons. The highest BCUT2D eigenvalue weighted by Gasteiger charge is 2.59. The number of nitrogens with two attached hydrogens (primary N) is 2. The van der Waals surface area contributed by atoms with Gasteiger partial charge in [0.15, 0.2) is 0 Å². The number of urea groups is 1. The van der Waals surface area contributed by atoms with Crippen molar-refractivity contribution in [1.29, 1.82) is 0 Å². The van der Waals surface area contributed by atoms with E-state index in [1.807, 2.05) is 92.7 Å². The first kappa shape index (κ1) is 113. The molecule has 4 aromatic carbocycles. The molecule has 0 saturated heterocycles. The van der Waals surface area contributed by atoms with Gasteiger partial charge in [-0.1, -0.05) is 122 Å². The van der Waals surface area contributed by atoms with Crippen LogP contribution in [0.3, 0.4) is 0 Å². The van der Waals surface area contributed by atoms with Crippen LogP contribution < -0.4 is 69.5 Å². The molecule has 0 bridgehead atoms. The van der Waals surface area contributed by atoms with Crippen LogP contribution in [0.25, 0.3) is 0 Å². The number of primary amides is 1. The second-order valence-electron chi connectivity index (χ2n) is 40.5. The summed E-state index contributed by atoms with van der Waals surface area (Å²) in [7, 11) is 6.22. The molecule has 2 saturated carbocycles. The minimum Gasteiger partial charge on any atom is -0.508 e. The van der Waals surface area contributed by atoms with Crippen molar-refractivity contribution in [2.24, 2.45) is 40.1 Å². The first-order chi connectivity index (χ1) is 68.2. The fourth-order valence-electron chi connectivity index (χ4n) is 20.8. The van der Waals surface area contributed by atoms with Crippen LogP contribution in [-0.2, 0) is 121 Å². The maximum atomic E-state index is 15.1. The van der Waals surface area contributed by atoms with Gasteiger partial charge in [0.05, 0.1) is 175 Å². The van der Waals surface area contributed by atoms with Crippen molar-refractivity contribution >= 4 is 76.5 Å². The molecule has 10 rings (SSSR count). The minimum atomic E-state index is -1.23. The van der Waals surface area contributed by atoms with Gasteiger partial charge in [-0.25, -0.2) is 4.79 Å². The quantitative estimate of drug-likeness (QED) is 0.00856. The van der Waals surface area contributed by atoms with Gasteiger partial charge in [-0.15, -0.1) is 0 Å². The van der Waals surface area contributed by atoms with Crippen LogP contribution >= 0.6 is 0 Å². The van der Waals surface area contributed by atoms with Gasteiger partial charge in [0.25, 0.3) is 0 Å². The predicted octanol–water partition coefficient (Wildman–Crippen LogP) is 8.23. The van der Waals surface area contributed by atoms with E-state index < -0.39 is 76.1 Å². The standard InChI is InChI=1S/C107H158N14O21/c1-74(2)97(100(130)117-86(27-19-49-114-103(109)133)98(128)115-80-36-32-76-34-38-89-104(3,82(76)70-80)44-20-46-106(89,5)101(131)119-102(132)107(6)47-21-45-105(4)83-71-81(122)37-33-77(83)35-39-90(105)107)118-99(129)85(26-17-18-48-111-94(126)73-142-88-29-12-10-11-25-84(96(88)108)110-51-56-136-60-64-140-68-66-138-62-58-134-54-42-92(124)112-50-53-121(7,8)9)116-93(125)43-55-135-59-63-139-67-69-141-65-61-137-57-52-113-91(123)40-41-95(127)120-72-79-24-14-13-22-75(79)30-31-78-23-15-16-28-87(78)120/h13-16,22-24,28,32-33,36-37,70-71,74,85-86,88-90,97,110H,10-12,17-21,25-27,29,34-35,38-69,72-73,108H2,1-9H3,(H11-,109,111,112,113,114,115,116,117,118,119,122,123,124,125,126,128,129,130,131,132,133)/p+1/t85-,86+,88?,89?,90-,97+,104-,105-,106+,107+/m1/s1. The van der Waals surface area contributed by atoms with E-state index >= 15 is 4.79 Å². The molecule has 15 N–H and O–H groups in total. The van der Waals surface area contributed by atoms with Gasteiger partial charge in [-0.05, 0) is 202 Å². The van der Waals surface area contributed by atoms with Crippen molar-refractivity contribution in [2.75, 3.05) is 183 Å². The molecular formula is C107H159N14O21+. The molecule has 35 heteroatoms. The molecule has 10 atom stereocenters. The third-order valence-electron chi connectivity index (χ3n) is 28.7. The summed E-state index contributed by atoms with van der Waals surface area (Å²) in [6, 6.07) is 22.2. The van der Waals surface area contributed by atoms with E-state index in [4.69, 9.17) is 54.1 Å². The number of carbonyl (C=O) groups excluding carboxylic acids is 11. The second kappa shape index (κ2) is 57.2. The number of nitrogens with one attached hydrogen (secondary N) is 10. The van der Waals surface area contributed by atoms with Gasteiger partial charge < -0.3 is 116 Å². The Morgan fingerprint density at radius 3 is 1.63 bits per heavy atom. The monoisotopic (exact) mass is 1980 g/mol. The largest absolute Gasteiger partial charge is 0.508 e. The Morgan fingerprint density at radius 2 is 1.01 bits per heavy atom. The van der Waals surface area contributed by atoms with Crippen LogP contribution in [0.2, 0.25) is 0 Å². The number of imide groups is 1. The number of phenols is 1. The number of unbranched alkanes of at least 4 members (excludes halogenated alkanes) is 1. The molecule has 4 aromatic rings. The normalized spacial score (nSPS) is 20.8. The molecule has 1 heterocycles. The number of allylic oxidation sites excluding steroid dienone is 1.